The second-order valence-corrected chi connectivity index (χ2v) is 9.85. The van der Waals surface area contributed by atoms with E-state index in [4.69, 9.17) is 14.2 Å². The number of hydrogen-bond acceptors (Lipinski definition) is 5. The molecule has 8 heteroatoms. The number of carbonyl (C=O) groups is 1. The molecule has 39 heavy (non-hydrogen) atoms. The van der Waals surface area contributed by atoms with Gasteiger partial charge in [-0.3, -0.25) is 0 Å². The molecule has 2 fully saturated rings. The zero-order chi connectivity index (χ0) is 27.4. The van der Waals surface area contributed by atoms with Crippen LogP contribution in [0.4, 0.5) is 13.2 Å². The predicted octanol–water partition coefficient (Wildman–Crippen LogP) is 6.32. The maximum atomic E-state index is 13.0. The summed E-state index contributed by atoms with van der Waals surface area (Å²) < 4.78 is 55.9. The zero-order valence-corrected chi connectivity index (χ0v) is 21.1. The fourth-order valence-corrected chi connectivity index (χ4v) is 5.29. The van der Waals surface area contributed by atoms with E-state index in [1.54, 1.807) is 18.2 Å². The van der Waals surface area contributed by atoms with Crippen molar-refractivity contribution in [2.24, 2.45) is 11.8 Å². The Bertz CT molecular complexity index is 1290. The van der Waals surface area contributed by atoms with Crippen molar-refractivity contribution in [3.63, 3.8) is 0 Å². The van der Waals surface area contributed by atoms with E-state index < -0.39 is 29.9 Å². The van der Waals surface area contributed by atoms with E-state index >= 15 is 0 Å². The molecule has 5 rings (SSSR count). The average Bonchev–Trinajstić information content (AvgIpc) is 3.52. The Morgan fingerprint density at radius 3 is 2.51 bits per heavy atom. The first-order valence-corrected chi connectivity index (χ1v) is 12.9. The third-order valence-corrected chi connectivity index (χ3v) is 7.27. The normalized spacial score (nSPS) is 23.5. The summed E-state index contributed by atoms with van der Waals surface area (Å²) in [7, 11) is 0. The van der Waals surface area contributed by atoms with Gasteiger partial charge < -0.3 is 19.3 Å². The molecule has 0 unspecified atom stereocenters. The van der Waals surface area contributed by atoms with Crippen LogP contribution in [0.2, 0.25) is 0 Å². The molecule has 1 saturated heterocycles. The number of benzene rings is 3. The van der Waals surface area contributed by atoms with E-state index in [9.17, 15) is 23.1 Å². The minimum Gasteiger partial charge on any atom is -0.491 e. The highest BCUT2D eigenvalue weighted by Crippen LogP contribution is 2.43. The van der Waals surface area contributed by atoms with Crippen LogP contribution >= 0.6 is 0 Å². The van der Waals surface area contributed by atoms with Gasteiger partial charge in [0.05, 0.1) is 17.2 Å². The topological polar surface area (TPSA) is 65.0 Å². The standard InChI is InChI=1S/C31H29F3O5/c32-31(33,34)23-7-4-8-25(17-23)38-19-24(35)13-14-26-27-15-16-37-28(27)18-29(26)39-30(36)22-11-9-21(10-12-22)20-5-2-1-3-6-20/h1-14,17,24,26-29,35H,15-16,18-19H2/b14-13+/t24-,26-,27-,28+,29-/m1/s1. The van der Waals surface area contributed by atoms with Gasteiger partial charge in [-0.15, -0.1) is 0 Å². The summed E-state index contributed by atoms with van der Waals surface area (Å²) in [6.45, 7) is 0.413. The van der Waals surface area contributed by atoms with E-state index in [-0.39, 0.29) is 30.3 Å². The van der Waals surface area contributed by atoms with Crippen LogP contribution < -0.4 is 4.74 Å². The van der Waals surface area contributed by atoms with Crippen LogP contribution in [-0.4, -0.2) is 42.6 Å². The number of aliphatic hydroxyl groups excluding tert-OH is 1. The number of halogens is 3. The molecule has 0 amide bonds. The second-order valence-electron chi connectivity index (χ2n) is 9.85. The Kier molecular flexibility index (Phi) is 8.04. The third-order valence-electron chi connectivity index (χ3n) is 7.27. The molecule has 3 aromatic carbocycles. The lowest BCUT2D eigenvalue weighted by atomic mass is 9.91. The van der Waals surface area contributed by atoms with Crippen molar-refractivity contribution in [3.8, 4) is 16.9 Å². The van der Waals surface area contributed by atoms with Gasteiger partial charge in [-0.1, -0.05) is 60.7 Å². The fraction of sp³-hybridized carbons (Fsp3) is 0.323. The van der Waals surface area contributed by atoms with Crippen molar-refractivity contribution in [1.82, 2.24) is 0 Å². The molecule has 1 N–H and O–H groups in total. The van der Waals surface area contributed by atoms with E-state index in [0.717, 1.165) is 29.7 Å². The molecule has 0 bridgehead atoms. The van der Waals surface area contributed by atoms with Crippen molar-refractivity contribution in [2.75, 3.05) is 13.2 Å². The van der Waals surface area contributed by atoms with E-state index in [1.165, 1.54) is 12.1 Å². The lowest BCUT2D eigenvalue weighted by Crippen LogP contribution is -2.25. The number of aliphatic hydroxyl groups is 1. The Morgan fingerprint density at radius 1 is 1.03 bits per heavy atom. The summed E-state index contributed by atoms with van der Waals surface area (Å²) in [5.74, 6) is -0.414. The molecule has 1 aliphatic carbocycles. The smallest absolute Gasteiger partial charge is 0.416 e. The van der Waals surface area contributed by atoms with Crippen LogP contribution in [0.25, 0.3) is 11.1 Å². The fourth-order valence-electron chi connectivity index (χ4n) is 5.29. The van der Waals surface area contributed by atoms with Crippen molar-refractivity contribution in [3.05, 3.63) is 102 Å². The Balaban J connectivity index is 1.21. The molecule has 1 aliphatic heterocycles. The molecule has 204 valence electrons. The predicted molar refractivity (Wildman–Crippen MR) is 139 cm³/mol. The first kappa shape index (κ1) is 27.0. The van der Waals surface area contributed by atoms with Crippen LogP contribution in [-0.2, 0) is 15.7 Å². The van der Waals surface area contributed by atoms with Crippen LogP contribution in [0.1, 0.15) is 28.8 Å². The van der Waals surface area contributed by atoms with Gasteiger partial charge in [-0.2, -0.15) is 13.2 Å². The van der Waals surface area contributed by atoms with Crippen LogP contribution in [0.5, 0.6) is 5.75 Å². The summed E-state index contributed by atoms with van der Waals surface area (Å²) in [4.78, 5) is 13.0. The van der Waals surface area contributed by atoms with E-state index in [2.05, 4.69) is 0 Å². The van der Waals surface area contributed by atoms with Crippen molar-refractivity contribution in [2.45, 2.75) is 37.3 Å². The number of carbonyl (C=O) groups excluding carboxylic acids is 1. The van der Waals surface area contributed by atoms with Gasteiger partial charge in [0.15, 0.2) is 0 Å². The van der Waals surface area contributed by atoms with Crippen molar-refractivity contribution < 1.29 is 37.3 Å². The molecule has 5 atom stereocenters. The number of fused-ring (bicyclic) bond motifs is 1. The number of ether oxygens (including phenoxy) is 3. The highest BCUT2D eigenvalue weighted by atomic mass is 19.4. The highest BCUT2D eigenvalue weighted by molar-refractivity contribution is 5.90. The number of esters is 1. The van der Waals surface area contributed by atoms with Crippen LogP contribution in [0, 0.1) is 11.8 Å². The molecule has 2 aliphatic rings. The molecule has 0 aromatic heterocycles. The zero-order valence-electron chi connectivity index (χ0n) is 21.1. The Hall–Kier alpha value is -3.62. The molecule has 1 heterocycles. The van der Waals surface area contributed by atoms with Crippen LogP contribution in [0.3, 0.4) is 0 Å². The van der Waals surface area contributed by atoms with Crippen molar-refractivity contribution in [1.29, 1.82) is 0 Å². The van der Waals surface area contributed by atoms with Gasteiger partial charge in [-0.25, -0.2) is 4.79 Å². The number of alkyl halides is 3. The number of hydrogen-bond donors (Lipinski definition) is 1. The largest absolute Gasteiger partial charge is 0.491 e. The van der Waals surface area contributed by atoms with Gasteiger partial charge in [0.2, 0.25) is 0 Å². The lowest BCUT2D eigenvalue weighted by molar-refractivity contribution is -0.137. The molecular formula is C31H29F3O5. The first-order valence-electron chi connectivity index (χ1n) is 12.9. The second kappa shape index (κ2) is 11.6. The molecule has 5 nitrogen and oxygen atoms in total. The number of rotatable bonds is 8. The Morgan fingerprint density at radius 2 is 1.77 bits per heavy atom. The monoisotopic (exact) mass is 538 g/mol. The van der Waals surface area contributed by atoms with Gasteiger partial charge in [0.1, 0.15) is 24.6 Å². The minimum atomic E-state index is -4.48. The molecule has 1 saturated carbocycles. The van der Waals surface area contributed by atoms with Gasteiger partial charge in [0, 0.05) is 18.9 Å². The molecular weight excluding hydrogens is 509 g/mol. The van der Waals surface area contributed by atoms with E-state index in [1.807, 2.05) is 48.5 Å². The molecule has 0 spiro atoms. The summed E-state index contributed by atoms with van der Waals surface area (Å²) >= 11 is 0. The quantitative estimate of drug-likeness (QED) is 0.269. The van der Waals surface area contributed by atoms with Crippen LogP contribution in [0.15, 0.2) is 91.0 Å². The Labute approximate surface area is 224 Å². The third kappa shape index (κ3) is 6.52. The summed E-state index contributed by atoms with van der Waals surface area (Å²) in [5.41, 5.74) is 1.68. The van der Waals surface area contributed by atoms with Gasteiger partial charge in [-0.05, 0) is 53.8 Å². The maximum Gasteiger partial charge on any atom is 0.416 e. The van der Waals surface area contributed by atoms with Crippen molar-refractivity contribution >= 4 is 5.97 Å². The van der Waals surface area contributed by atoms with Gasteiger partial charge in [0.25, 0.3) is 0 Å². The summed E-state index contributed by atoms with van der Waals surface area (Å²) in [6.07, 6.45) is -1.24. The molecule has 0 radical (unpaired) electrons. The molecule has 3 aromatic rings. The average molecular weight is 539 g/mol. The maximum absolute atomic E-state index is 13.0. The van der Waals surface area contributed by atoms with Gasteiger partial charge >= 0.3 is 12.1 Å². The summed E-state index contributed by atoms with van der Waals surface area (Å²) in [5, 5.41) is 10.4. The van der Waals surface area contributed by atoms with E-state index in [0.29, 0.717) is 18.6 Å². The SMILES string of the molecule is O=C(O[C@@H]1C[C@@H]2OCC[C@@H]2[C@H]1/C=C/[C@@H](O)COc1cccc(C(F)(F)F)c1)c1ccc(-c2ccccc2)cc1. The first-order chi connectivity index (χ1) is 18.8. The minimum absolute atomic E-state index is 0.0208. The summed E-state index contributed by atoms with van der Waals surface area (Å²) in [6, 6.07) is 21.7. The highest BCUT2D eigenvalue weighted by Gasteiger charge is 2.47. The lowest BCUT2D eigenvalue weighted by Gasteiger charge is -2.21.